The van der Waals surface area contributed by atoms with Crippen LogP contribution in [0.5, 0.6) is 11.5 Å². The number of aromatic nitrogens is 2. The minimum Gasteiger partial charge on any atom is -0.493 e. The molecule has 0 spiro atoms. The molecule has 0 saturated heterocycles. The van der Waals surface area contributed by atoms with Crippen molar-refractivity contribution in [2.24, 2.45) is 0 Å². The van der Waals surface area contributed by atoms with Crippen molar-refractivity contribution in [3.8, 4) is 11.5 Å². The molecule has 0 amide bonds. The van der Waals surface area contributed by atoms with E-state index in [0.29, 0.717) is 24.5 Å². The van der Waals surface area contributed by atoms with Crippen LogP contribution in [0.3, 0.4) is 0 Å². The molecule has 0 fully saturated rings. The zero-order valence-electron chi connectivity index (χ0n) is 12.6. The summed E-state index contributed by atoms with van der Waals surface area (Å²) in [5.74, 6) is 1.36. The second-order valence-corrected chi connectivity index (χ2v) is 4.84. The van der Waals surface area contributed by atoms with Crippen molar-refractivity contribution < 1.29 is 14.4 Å². The summed E-state index contributed by atoms with van der Waals surface area (Å²) in [5.41, 5.74) is 0.652. The van der Waals surface area contributed by atoms with Gasteiger partial charge in [-0.2, -0.15) is 0 Å². The Morgan fingerprint density at radius 2 is 2.00 bits per heavy atom. The molecule has 1 aromatic carbocycles. The maximum Gasteiger partial charge on any atom is 0.348 e. The standard InChI is InChI=1S/C14H15ClN4O4/c1-22-10-4-3-9(7-11(10)23-2)5-6-16-14-12(19(20)21)13(15)17-8-18-14/h3-4,7-8H,5-6H2,1-2H3,(H,16,17,18). The number of hydrogen-bond acceptors (Lipinski definition) is 7. The fourth-order valence-corrected chi connectivity index (χ4v) is 2.21. The van der Waals surface area contributed by atoms with Crippen molar-refractivity contribution in [3.63, 3.8) is 0 Å². The van der Waals surface area contributed by atoms with Gasteiger partial charge in [-0.25, -0.2) is 9.97 Å². The van der Waals surface area contributed by atoms with Crippen LogP contribution in [-0.4, -0.2) is 35.7 Å². The summed E-state index contributed by atoms with van der Waals surface area (Å²) in [6, 6.07) is 5.55. The fraction of sp³-hybridized carbons (Fsp3) is 0.286. The van der Waals surface area contributed by atoms with E-state index in [2.05, 4.69) is 15.3 Å². The van der Waals surface area contributed by atoms with E-state index in [1.807, 2.05) is 12.1 Å². The lowest BCUT2D eigenvalue weighted by Crippen LogP contribution is -2.09. The molecule has 2 rings (SSSR count). The summed E-state index contributed by atoms with van der Waals surface area (Å²) in [6.07, 6.45) is 1.78. The third kappa shape index (κ3) is 3.98. The van der Waals surface area contributed by atoms with Crippen molar-refractivity contribution in [1.82, 2.24) is 9.97 Å². The average molecular weight is 339 g/mol. The minimum atomic E-state index is -0.610. The summed E-state index contributed by atoms with van der Waals surface area (Å²) in [6.45, 7) is 0.434. The van der Waals surface area contributed by atoms with Crippen LogP contribution in [0.2, 0.25) is 5.15 Å². The van der Waals surface area contributed by atoms with Gasteiger partial charge >= 0.3 is 5.69 Å². The van der Waals surface area contributed by atoms with Gasteiger partial charge in [0, 0.05) is 6.54 Å². The molecular formula is C14H15ClN4O4. The normalized spacial score (nSPS) is 10.2. The van der Waals surface area contributed by atoms with Crippen molar-refractivity contribution >= 4 is 23.1 Å². The summed E-state index contributed by atoms with van der Waals surface area (Å²) in [5, 5.41) is 13.7. The fourth-order valence-electron chi connectivity index (χ4n) is 2.01. The number of nitro groups is 1. The van der Waals surface area contributed by atoms with Crippen LogP contribution in [-0.2, 0) is 6.42 Å². The van der Waals surface area contributed by atoms with Gasteiger partial charge in [0.05, 0.1) is 19.1 Å². The highest BCUT2D eigenvalue weighted by atomic mass is 35.5. The predicted octanol–water partition coefficient (Wildman–Crippen LogP) is 2.71. The van der Waals surface area contributed by atoms with E-state index in [1.165, 1.54) is 6.33 Å². The van der Waals surface area contributed by atoms with Gasteiger partial charge in [0.25, 0.3) is 0 Å². The predicted molar refractivity (Wildman–Crippen MR) is 85.4 cm³/mol. The highest BCUT2D eigenvalue weighted by Crippen LogP contribution is 2.29. The zero-order chi connectivity index (χ0) is 16.8. The molecule has 9 heteroatoms. The Morgan fingerprint density at radius 3 is 2.65 bits per heavy atom. The molecular weight excluding hydrogens is 324 g/mol. The number of methoxy groups -OCH3 is 2. The largest absolute Gasteiger partial charge is 0.493 e. The van der Waals surface area contributed by atoms with Gasteiger partial charge in [0.1, 0.15) is 6.33 Å². The highest BCUT2D eigenvalue weighted by Gasteiger charge is 2.21. The smallest absolute Gasteiger partial charge is 0.348 e. The Balaban J connectivity index is 2.06. The number of anilines is 1. The topological polar surface area (TPSA) is 99.4 Å². The number of hydrogen-bond donors (Lipinski definition) is 1. The molecule has 0 aliphatic rings. The Hall–Kier alpha value is -2.61. The van der Waals surface area contributed by atoms with Crippen molar-refractivity contribution in [3.05, 3.63) is 45.4 Å². The van der Waals surface area contributed by atoms with Gasteiger partial charge in [0.15, 0.2) is 11.5 Å². The molecule has 0 atom stereocenters. The third-order valence-electron chi connectivity index (χ3n) is 3.11. The number of nitrogens with zero attached hydrogens (tertiary/aromatic N) is 3. The number of benzene rings is 1. The molecule has 0 aliphatic heterocycles. The van der Waals surface area contributed by atoms with Crippen LogP contribution in [0.4, 0.5) is 11.5 Å². The molecule has 0 radical (unpaired) electrons. The van der Waals surface area contributed by atoms with Crippen molar-refractivity contribution in [1.29, 1.82) is 0 Å². The second kappa shape index (κ2) is 7.59. The molecule has 122 valence electrons. The Kier molecular flexibility index (Phi) is 5.53. The summed E-state index contributed by atoms with van der Waals surface area (Å²) in [7, 11) is 3.13. The van der Waals surface area contributed by atoms with E-state index in [9.17, 15) is 10.1 Å². The number of halogens is 1. The minimum absolute atomic E-state index is 0.0930. The van der Waals surface area contributed by atoms with E-state index < -0.39 is 4.92 Å². The number of ether oxygens (including phenoxy) is 2. The SMILES string of the molecule is COc1ccc(CCNc2ncnc(Cl)c2[N+](=O)[O-])cc1OC. The van der Waals surface area contributed by atoms with Gasteiger partial charge in [-0.3, -0.25) is 10.1 Å². The van der Waals surface area contributed by atoms with E-state index in [-0.39, 0.29) is 16.7 Å². The maximum absolute atomic E-state index is 11.0. The first-order valence-electron chi connectivity index (χ1n) is 6.66. The summed E-state index contributed by atoms with van der Waals surface area (Å²) in [4.78, 5) is 17.9. The first-order valence-corrected chi connectivity index (χ1v) is 7.04. The first-order chi connectivity index (χ1) is 11.1. The monoisotopic (exact) mass is 338 g/mol. The number of rotatable bonds is 7. The van der Waals surface area contributed by atoms with E-state index in [0.717, 1.165) is 5.56 Å². The van der Waals surface area contributed by atoms with Crippen LogP contribution in [0.15, 0.2) is 24.5 Å². The molecule has 0 saturated carbocycles. The molecule has 0 unspecified atom stereocenters. The third-order valence-corrected chi connectivity index (χ3v) is 3.39. The van der Waals surface area contributed by atoms with Gasteiger partial charge in [-0.1, -0.05) is 17.7 Å². The van der Waals surface area contributed by atoms with Gasteiger partial charge in [-0.05, 0) is 24.1 Å². The zero-order valence-corrected chi connectivity index (χ0v) is 13.3. The summed E-state index contributed by atoms with van der Waals surface area (Å²) < 4.78 is 10.4. The molecule has 0 bridgehead atoms. The van der Waals surface area contributed by atoms with Crippen LogP contribution in [0.1, 0.15) is 5.56 Å². The maximum atomic E-state index is 11.0. The van der Waals surface area contributed by atoms with Crippen LogP contribution in [0, 0.1) is 10.1 Å². The lowest BCUT2D eigenvalue weighted by Gasteiger charge is -2.10. The second-order valence-electron chi connectivity index (χ2n) is 4.48. The van der Waals surface area contributed by atoms with Gasteiger partial charge < -0.3 is 14.8 Å². The van der Waals surface area contributed by atoms with Crippen molar-refractivity contribution in [2.45, 2.75) is 6.42 Å². The molecule has 1 aromatic heterocycles. The lowest BCUT2D eigenvalue weighted by molar-refractivity contribution is -0.384. The van der Waals surface area contributed by atoms with Crippen LogP contribution < -0.4 is 14.8 Å². The Morgan fingerprint density at radius 1 is 1.26 bits per heavy atom. The van der Waals surface area contributed by atoms with Crippen molar-refractivity contribution in [2.75, 3.05) is 26.1 Å². The van der Waals surface area contributed by atoms with Crippen LogP contribution >= 0.6 is 11.6 Å². The molecule has 8 nitrogen and oxygen atoms in total. The average Bonchev–Trinajstić information content (AvgIpc) is 2.54. The Bertz CT molecular complexity index is 711. The van der Waals surface area contributed by atoms with E-state index in [4.69, 9.17) is 21.1 Å². The van der Waals surface area contributed by atoms with Gasteiger partial charge in [-0.15, -0.1) is 0 Å². The quantitative estimate of drug-likeness (QED) is 0.470. The molecule has 1 N–H and O–H groups in total. The Labute approximate surface area is 137 Å². The molecule has 23 heavy (non-hydrogen) atoms. The molecule has 2 aromatic rings. The first kappa shape index (κ1) is 16.8. The van der Waals surface area contributed by atoms with Gasteiger partial charge in [0.2, 0.25) is 11.0 Å². The highest BCUT2D eigenvalue weighted by molar-refractivity contribution is 6.31. The lowest BCUT2D eigenvalue weighted by atomic mass is 10.1. The molecule has 1 heterocycles. The van der Waals surface area contributed by atoms with Crippen LogP contribution in [0.25, 0.3) is 0 Å². The summed E-state index contributed by atoms with van der Waals surface area (Å²) >= 11 is 5.73. The van der Waals surface area contributed by atoms with E-state index >= 15 is 0 Å². The van der Waals surface area contributed by atoms with E-state index in [1.54, 1.807) is 20.3 Å². The molecule has 0 aliphatic carbocycles. The number of nitrogens with one attached hydrogen (secondary N) is 1.